The Morgan fingerprint density at radius 3 is 2.68 bits per heavy atom. The first-order valence-corrected chi connectivity index (χ1v) is 6.94. The van der Waals surface area contributed by atoms with Gasteiger partial charge in [-0.05, 0) is 17.7 Å². The van der Waals surface area contributed by atoms with E-state index in [1.54, 1.807) is 26.2 Å². The Morgan fingerprint density at radius 2 is 2.05 bits per heavy atom. The van der Waals surface area contributed by atoms with Crippen LogP contribution in [0.15, 0.2) is 29.4 Å². The number of oxime groups is 1. The molecule has 0 radical (unpaired) electrons. The Hall–Kier alpha value is -2.44. The Balaban J connectivity index is 1.80. The number of hydrogen-bond acceptors (Lipinski definition) is 4. The van der Waals surface area contributed by atoms with Gasteiger partial charge in [0.05, 0.1) is 5.71 Å². The van der Waals surface area contributed by atoms with Crippen molar-refractivity contribution in [3.8, 4) is 0 Å². The molecule has 1 aromatic carbocycles. The van der Waals surface area contributed by atoms with Gasteiger partial charge in [0.2, 0.25) is 12.0 Å². The molecule has 1 aliphatic heterocycles. The number of rotatable bonds is 5. The summed E-state index contributed by atoms with van der Waals surface area (Å²) in [7, 11) is 3.32. The third-order valence-corrected chi connectivity index (χ3v) is 3.28. The number of amides is 2. The Bertz CT molecular complexity index is 584. The molecule has 22 heavy (non-hydrogen) atoms. The molecule has 0 aromatic heterocycles. The summed E-state index contributed by atoms with van der Waals surface area (Å²) in [4.78, 5) is 29.9. The summed E-state index contributed by atoms with van der Waals surface area (Å²) in [6.07, 6.45) is -0.162. The normalized spacial score (nSPS) is 16.7. The van der Waals surface area contributed by atoms with Crippen molar-refractivity contribution in [3.05, 3.63) is 35.6 Å². The maximum atomic E-state index is 12.9. The van der Waals surface area contributed by atoms with Crippen molar-refractivity contribution in [1.29, 1.82) is 0 Å². The summed E-state index contributed by atoms with van der Waals surface area (Å²) in [5.74, 6) is -0.702. The minimum Gasteiger partial charge on any atom is -0.382 e. The van der Waals surface area contributed by atoms with Gasteiger partial charge < -0.3 is 15.1 Å². The van der Waals surface area contributed by atoms with Gasteiger partial charge in [-0.2, -0.15) is 0 Å². The molecule has 1 unspecified atom stereocenters. The maximum Gasteiger partial charge on any atom is 0.264 e. The Labute approximate surface area is 127 Å². The maximum absolute atomic E-state index is 12.9. The van der Waals surface area contributed by atoms with Crippen LogP contribution in [0.1, 0.15) is 18.4 Å². The molecule has 7 heteroatoms. The van der Waals surface area contributed by atoms with E-state index in [0.29, 0.717) is 12.1 Å². The van der Waals surface area contributed by atoms with Crippen molar-refractivity contribution in [1.82, 2.24) is 10.2 Å². The molecule has 1 N–H and O–H groups in total. The van der Waals surface area contributed by atoms with Gasteiger partial charge in [-0.25, -0.2) is 4.39 Å². The molecule has 6 nitrogen and oxygen atoms in total. The molecule has 0 aliphatic carbocycles. The van der Waals surface area contributed by atoms with Crippen molar-refractivity contribution < 1.29 is 18.8 Å². The Morgan fingerprint density at radius 1 is 1.36 bits per heavy atom. The first-order valence-electron chi connectivity index (χ1n) is 6.94. The van der Waals surface area contributed by atoms with Crippen molar-refractivity contribution in [2.75, 3.05) is 20.6 Å². The molecule has 2 amide bonds. The van der Waals surface area contributed by atoms with Crippen LogP contribution in [0.5, 0.6) is 0 Å². The van der Waals surface area contributed by atoms with Crippen LogP contribution in [0.4, 0.5) is 4.39 Å². The van der Waals surface area contributed by atoms with E-state index in [2.05, 4.69) is 10.5 Å². The first-order chi connectivity index (χ1) is 10.5. The van der Waals surface area contributed by atoms with E-state index in [1.807, 2.05) is 0 Å². The standard InChI is InChI=1S/C15H18FN3O3/c1-19(2)14(20)7-8-17-15(21)13-9-12(18-22-13)10-3-5-11(16)6-4-10/h3-6,13H,7-9H2,1-2H3,(H,17,21). The highest BCUT2D eigenvalue weighted by Gasteiger charge is 2.28. The number of halogens is 1. The molecule has 2 rings (SSSR count). The number of nitrogens with one attached hydrogen (secondary N) is 1. The summed E-state index contributed by atoms with van der Waals surface area (Å²) in [6.45, 7) is 0.252. The minimum atomic E-state index is -0.713. The van der Waals surface area contributed by atoms with Gasteiger partial charge in [0, 0.05) is 33.5 Å². The predicted molar refractivity (Wildman–Crippen MR) is 78.7 cm³/mol. The third-order valence-electron chi connectivity index (χ3n) is 3.28. The summed E-state index contributed by atoms with van der Waals surface area (Å²) in [6, 6.07) is 5.84. The van der Waals surface area contributed by atoms with Crippen LogP contribution in [-0.4, -0.2) is 49.2 Å². The molecule has 0 saturated carbocycles. The van der Waals surface area contributed by atoms with Crippen LogP contribution in [0.25, 0.3) is 0 Å². The number of hydrogen-bond donors (Lipinski definition) is 1. The summed E-state index contributed by atoms with van der Waals surface area (Å²) in [5, 5.41) is 6.51. The van der Waals surface area contributed by atoms with Crippen LogP contribution >= 0.6 is 0 Å². The lowest BCUT2D eigenvalue weighted by Crippen LogP contribution is -2.37. The van der Waals surface area contributed by atoms with Gasteiger partial charge in [0.25, 0.3) is 5.91 Å². The van der Waals surface area contributed by atoms with E-state index >= 15 is 0 Å². The SMILES string of the molecule is CN(C)C(=O)CCNC(=O)C1CC(c2ccc(F)cc2)=NO1. The van der Waals surface area contributed by atoms with E-state index in [0.717, 1.165) is 5.56 Å². The second-order valence-corrected chi connectivity index (χ2v) is 5.17. The van der Waals surface area contributed by atoms with Gasteiger partial charge in [0.15, 0.2) is 0 Å². The van der Waals surface area contributed by atoms with E-state index < -0.39 is 6.10 Å². The fourth-order valence-corrected chi connectivity index (χ4v) is 1.96. The van der Waals surface area contributed by atoms with E-state index in [-0.39, 0.29) is 30.6 Å². The van der Waals surface area contributed by atoms with Gasteiger partial charge >= 0.3 is 0 Å². The number of benzene rings is 1. The van der Waals surface area contributed by atoms with Gasteiger partial charge in [0.1, 0.15) is 5.82 Å². The molecule has 0 spiro atoms. The summed E-state index contributed by atoms with van der Waals surface area (Å²) < 4.78 is 12.9. The quantitative estimate of drug-likeness (QED) is 0.879. The van der Waals surface area contributed by atoms with E-state index in [4.69, 9.17) is 4.84 Å². The van der Waals surface area contributed by atoms with Gasteiger partial charge in [-0.3, -0.25) is 9.59 Å². The fraction of sp³-hybridized carbons (Fsp3) is 0.400. The molecule has 0 bridgehead atoms. The fourth-order valence-electron chi connectivity index (χ4n) is 1.96. The average molecular weight is 307 g/mol. The molecule has 1 aromatic rings. The lowest BCUT2D eigenvalue weighted by Gasteiger charge is -2.12. The molecule has 1 atom stereocenters. The van der Waals surface area contributed by atoms with Crippen LogP contribution in [0, 0.1) is 5.82 Å². The molecule has 0 saturated heterocycles. The Kier molecular flexibility index (Phi) is 5.08. The number of carbonyl (C=O) groups excluding carboxylic acids is 2. The number of nitrogens with zero attached hydrogens (tertiary/aromatic N) is 2. The second-order valence-electron chi connectivity index (χ2n) is 5.17. The minimum absolute atomic E-state index is 0.0594. The van der Waals surface area contributed by atoms with Crippen molar-refractivity contribution in [2.45, 2.75) is 18.9 Å². The van der Waals surface area contributed by atoms with Crippen molar-refractivity contribution in [3.63, 3.8) is 0 Å². The smallest absolute Gasteiger partial charge is 0.264 e. The first kappa shape index (κ1) is 15.9. The van der Waals surface area contributed by atoms with E-state index in [1.165, 1.54) is 17.0 Å². The third kappa shape index (κ3) is 4.03. The van der Waals surface area contributed by atoms with Crippen LogP contribution in [0.2, 0.25) is 0 Å². The highest BCUT2D eigenvalue weighted by molar-refractivity contribution is 6.04. The second kappa shape index (κ2) is 7.02. The monoisotopic (exact) mass is 307 g/mol. The van der Waals surface area contributed by atoms with Gasteiger partial charge in [-0.1, -0.05) is 17.3 Å². The molecule has 0 fully saturated rings. The average Bonchev–Trinajstić information content (AvgIpc) is 2.97. The lowest BCUT2D eigenvalue weighted by atomic mass is 10.0. The zero-order valence-corrected chi connectivity index (χ0v) is 12.5. The van der Waals surface area contributed by atoms with Crippen molar-refractivity contribution in [2.24, 2.45) is 5.16 Å². The molecule has 118 valence electrons. The highest BCUT2D eigenvalue weighted by atomic mass is 19.1. The summed E-state index contributed by atoms with van der Waals surface area (Å²) in [5.41, 5.74) is 1.32. The zero-order chi connectivity index (χ0) is 16.1. The molecule has 1 aliphatic rings. The molecular weight excluding hydrogens is 289 g/mol. The molecule has 1 heterocycles. The molecular formula is C15H18FN3O3. The van der Waals surface area contributed by atoms with E-state index in [9.17, 15) is 14.0 Å². The van der Waals surface area contributed by atoms with Crippen LogP contribution in [0.3, 0.4) is 0 Å². The largest absolute Gasteiger partial charge is 0.382 e. The predicted octanol–water partition coefficient (Wildman–Crippen LogP) is 0.913. The summed E-state index contributed by atoms with van der Waals surface area (Å²) >= 11 is 0. The van der Waals surface area contributed by atoms with Gasteiger partial charge in [-0.15, -0.1) is 0 Å². The zero-order valence-electron chi connectivity index (χ0n) is 12.5. The van der Waals surface area contributed by atoms with Crippen LogP contribution in [-0.2, 0) is 14.4 Å². The highest BCUT2D eigenvalue weighted by Crippen LogP contribution is 2.17. The lowest BCUT2D eigenvalue weighted by molar-refractivity contribution is -0.131. The van der Waals surface area contributed by atoms with Crippen LogP contribution < -0.4 is 5.32 Å². The topological polar surface area (TPSA) is 71.0 Å². The van der Waals surface area contributed by atoms with Crippen molar-refractivity contribution >= 4 is 17.5 Å². The number of carbonyl (C=O) groups is 2.